The van der Waals surface area contributed by atoms with Gasteiger partial charge in [-0.2, -0.15) is 0 Å². The predicted octanol–water partition coefficient (Wildman–Crippen LogP) is 2.47. The first-order valence-corrected chi connectivity index (χ1v) is 6.13. The Morgan fingerprint density at radius 2 is 1.83 bits per heavy atom. The molecule has 1 aliphatic carbocycles. The molecule has 1 saturated carbocycles. The van der Waals surface area contributed by atoms with Crippen molar-refractivity contribution in [1.29, 1.82) is 0 Å². The molecular weight excluding hydrogens is 256 g/mol. The molecule has 1 aromatic rings. The monoisotopic (exact) mass is 266 g/mol. The van der Waals surface area contributed by atoms with E-state index in [2.05, 4.69) is 0 Å². The lowest BCUT2D eigenvalue weighted by molar-refractivity contribution is -0.130. The standard InChI is InChI=1S/C13H11ClO4/c14-11-3-8(4-12-13(11)18-6-17-12)7-1-9(15)5-10(16)2-7/h3-4,7H,1-2,5-6H2. The van der Waals surface area contributed by atoms with Gasteiger partial charge in [-0.3, -0.25) is 9.59 Å². The van der Waals surface area contributed by atoms with E-state index in [1.54, 1.807) is 6.07 Å². The molecule has 1 heterocycles. The Balaban J connectivity index is 1.95. The fourth-order valence-electron chi connectivity index (χ4n) is 2.44. The molecule has 4 nitrogen and oxygen atoms in total. The second-order valence-electron chi connectivity index (χ2n) is 4.60. The quantitative estimate of drug-likeness (QED) is 0.733. The molecule has 1 aromatic carbocycles. The van der Waals surface area contributed by atoms with Crippen LogP contribution in [-0.4, -0.2) is 18.4 Å². The van der Waals surface area contributed by atoms with E-state index < -0.39 is 0 Å². The first-order valence-electron chi connectivity index (χ1n) is 5.76. The third-order valence-corrected chi connectivity index (χ3v) is 3.54. The van der Waals surface area contributed by atoms with Crippen molar-refractivity contribution in [2.75, 3.05) is 6.79 Å². The van der Waals surface area contributed by atoms with Crippen molar-refractivity contribution < 1.29 is 19.1 Å². The number of ketones is 2. The van der Waals surface area contributed by atoms with Crippen molar-refractivity contribution in [1.82, 2.24) is 0 Å². The maximum absolute atomic E-state index is 11.5. The highest BCUT2D eigenvalue weighted by molar-refractivity contribution is 6.32. The van der Waals surface area contributed by atoms with Gasteiger partial charge in [-0.15, -0.1) is 0 Å². The van der Waals surface area contributed by atoms with Crippen molar-refractivity contribution >= 4 is 23.2 Å². The van der Waals surface area contributed by atoms with Crippen molar-refractivity contribution in [3.05, 3.63) is 22.7 Å². The number of carbonyl (C=O) groups excluding carboxylic acids is 2. The van der Waals surface area contributed by atoms with Gasteiger partial charge >= 0.3 is 0 Å². The lowest BCUT2D eigenvalue weighted by Crippen LogP contribution is -2.21. The van der Waals surface area contributed by atoms with Crippen molar-refractivity contribution in [2.24, 2.45) is 0 Å². The van der Waals surface area contributed by atoms with E-state index in [-0.39, 0.29) is 30.7 Å². The van der Waals surface area contributed by atoms with Gasteiger partial charge in [-0.1, -0.05) is 11.6 Å². The van der Waals surface area contributed by atoms with Crippen molar-refractivity contribution in [3.8, 4) is 11.5 Å². The Bertz CT molecular complexity index is 522. The Morgan fingerprint density at radius 1 is 1.11 bits per heavy atom. The zero-order chi connectivity index (χ0) is 12.7. The number of hydrogen-bond donors (Lipinski definition) is 0. The zero-order valence-corrected chi connectivity index (χ0v) is 10.3. The summed E-state index contributed by atoms with van der Waals surface area (Å²) < 4.78 is 10.5. The van der Waals surface area contributed by atoms with Crippen molar-refractivity contribution in [3.63, 3.8) is 0 Å². The topological polar surface area (TPSA) is 52.6 Å². The maximum atomic E-state index is 11.5. The minimum atomic E-state index is -0.0919. The van der Waals surface area contributed by atoms with Gasteiger partial charge in [0, 0.05) is 12.8 Å². The van der Waals surface area contributed by atoms with Crippen LogP contribution in [0.3, 0.4) is 0 Å². The molecule has 0 unspecified atom stereocenters. The molecule has 0 amide bonds. The van der Waals surface area contributed by atoms with Crippen LogP contribution in [0, 0.1) is 0 Å². The van der Waals surface area contributed by atoms with E-state index in [0.29, 0.717) is 29.4 Å². The van der Waals surface area contributed by atoms with Gasteiger partial charge in [0.25, 0.3) is 0 Å². The zero-order valence-electron chi connectivity index (χ0n) is 9.57. The van der Waals surface area contributed by atoms with Crippen LogP contribution in [0.15, 0.2) is 12.1 Å². The molecular formula is C13H11ClO4. The molecule has 1 aliphatic heterocycles. The normalized spacial score (nSPS) is 19.4. The van der Waals surface area contributed by atoms with E-state index >= 15 is 0 Å². The Labute approximate surface area is 109 Å². The summed E-state index contributed by atoms with van der Waals surface area (Å²) in [5.41, 5.74) is 0.866. The number of carbonyl (C=O) groups is 2. The summed E-state index contributed by atoms with van der Waals surface area (Å²) in [6.07, 6.45) is 0.845. The van der Waals surface area contributed by atoms with Crippen LogP contribution < -0.4 is 9.47 Å². The molecule has 0 aromatic heterocycles. The van der Waals surface area contributed by atoms with E-state index in [1.807, 2.05) is 6.07 Å². The minimum Gasteiger partial charge on any atom is -0.454 e. The van der Waals surface area contributed by atoms with Crippen LogP contribution in [-0.2, 0) is 9.59 Å². The van der Waals surface area contributed by atoms with Crippen LogP contribution >= 0.6 is 11.6 Å². The molecule has 0 bridgehead atoms. The first-order chi connectivity index (χ1) is 8.63. The largest absolute Gasteiger partial charge is 0.454 e. The van der Waals surface area contributed by atoms with Crippen LogP contribution in [0.1, 0.15) is 30.7 Å². The highest BCUT2D eigenvalue weighted by Crippen LogP contribution is 2.43. The molecule has 5 heteroatoms. The fourth-order valence-corrected chi connectivity index (χ4v) is 2.72. The van der Waals surface area contributed by atoms with Gasteiger partial charge in [0.15, 0.2) is 11.5 Å². The summed E-state index contributed by atoms with van der Waals surface area (Å²) in [6.45, 7) is 0.154. The van der Waals surface area contributed by atoms with E-state index in [0.717, 1.165) is 5.56 Å². The molecule has 3 rings (SSSR count). The molecule has 0 spiro atoms. The van der Waals surface area contributed by atoms with E-state index in [1.165, 1.54) is 0 Å². The molecule has 2 aliphatic rings. The number of rotatable bonds is 1. The number of benzene rings is 1. The van der Waals surface area contributed by atoms with Crippen molar-refractivity contribution in [2.45, 2.75) is 25.2 Å². The summed E-state index contributed by atoms with van der Waals surface area (Å²) in [7, 11) is 0. The molecule has 1 fully saturated rings. The van der Waals surface area contributed by atoms with Crippen LogP contribution in [0.4, 0.5) is 0 Å². The maximum Gasteiger partial charge on any atom is 0.231 e. The fraction of sp³-hybridized carbons (Fsp3) is 0.385. The number of halogens is 1. The molecule has 0 radical (unpaired) electrons. The Morgan fingerprint density at radius 3 is 2.56 bits per heavy atom. The van der Waals surface area contributed by atoms with E-state index in [4.69, 9.17) is 21.1 Å². The van der Waals surface area contributed by atoms with Crippen LogP contribution in [0.2, 0.25) is 5.02 Å². The van der Waals surface area contributed by atoms with Gasteiger partial charge in [0.2, 0.25) is 6.79 Å². The summed E-state index contributed by atoms with van der Waals surface area (Å²) in [5, 5.41) is 0.463. The van der Waals surface area contributed by atoms with Gasteiger partial charge in [0.1, 0.15) is 11.6 Å². The molecule has 94 valence electrons. The van der Waals surface area contributed by atoms with Gasteiger partial charge in [0.05, 0.1) is 11.4 Å². The number of fused-ring (bicyclic) bond motifs is 1. The lowest BCUT2D eigenvalue weighted by atomic mass is 9.82. The second kappa shape index (κ2) is 4.28. The van der Waals surface area contributed by atoms with Gasteiger partial charge in [-0.25, -0.2) is 0 Å². The predicted molar refractivity (Wildman–Crippen MR) is 64.2 cm³/mol. The second-order valence-corrected chi connectivity index (χ2v) is 5.00. The molecule has 0 saturated heterocycles. The number of Topliss-reactive ketones (excluding diaryl/α,β-unsaturated/α-hetero) is 2. The molecule has 0 atom stereocenters. The highest BCUT2D eigenvalue weighted by atomic mass is 35.5. The van der Waals surface area contributed by atoms with E-state index in [9.17, 15) is 9.59 Å². The summed E-state index contributed by atoms with van der Waals surface area (Å²) in [5.74, 6) is 1.01. The van der Waals surface area contributed by atoms with Crippen LogP contribution in [0.25, 0.3) is 0 Å². The third kappa shape index (κ3) is 1.97. The first kappa shape index (κ1) is 11.5. The van der Waals surface area contributed by atoms with Gasteiger partial charge in [-0.05, 0) is 23.6 Å². The summed E-state index contributed by atoms with van der Waals surface area (Å²) >= 11 is 6.09. The van der Waals surface area contributed by atoms with Crippen LogP contribution in [0.5, 0.6) is 11.5 Å². The summed E-state index contributed by atoms with van der Waals surface area (Å²) in [6, 6.07) is 3.57. The number of hydrogen-bond acceptors (Lipinski definition) is 4. The number of ether oxygens (including phenoxy) is 2. The smallest absolute Gasteiger partial charge is 0.231 e. The van der Waals surface area contributed by atoms with Gasteiger partial charge < -0.3 is 9.47 Å². The minimum absolute atomic E-state index is 0.00922. The SMILES string of the molecule is O=C1CC(=O)CC(c2cc(Cl)c3c(c2)OCO3)C1. The Hall–Kier alpha value is -1.55. The lowest BCUT2D eigenvalue weighted by Gasteiger charge is -2.20. The molecule has 0 N–H and O–H groups in total. The molecule has 18 heavy (non-hydrogen) atoms. The average Bonchev–Trinajstić information content (AvgIpc) is 2.76. The summed E-state index contributed by atoms with van der Waals surface area (Å²) in [4.78, 5) is 22.9. The third-order valence-electron chi connectivity index (χ3n) is 3.26. The average molecular weight is 267 g/mol. The highest BCUT2D eigenvalue weighted by Gasteiger charge is 2.29. The Kier molecular flexibility index (Phi) is 2.74.